The van der Waals surface area contributed by atoms with E-state index < -0.39 is 0 Å². The molecule has 1 saturated carbocycles. The number of ether oxygens (including phenoxy) is 1. The van der Waals surface area contributed by atoms with Gasteiger partial charge in [-0.1, -0.05) is 12.1 Å². The number of rotatable bonds is 7. The van der Waals surface area contributed by atoms with Crippen LogP contribution < -0.4 is 5.32 Å². The third-order valence-corrected chi connectivity index (χ3v) is 3.90. The number of amides is 1. The fraction of sp³-hybridized carbons (Fsp3) is 0.500. The van der Waals surface area contributed by atoms with Crippen LogP contribution in [0, 0.1) is 16.7 Å². The molecule has 1 aliphatic carbocycles. The first kappa shape index (κ1) is 14.5. The van der Waals surface area contributed by atoms with Crippen molar-refractivity contribution in [2.45, 2.75) is 25.7 Å². The molecule has 20 heavy (non-hydrogen) atoms. The lowest BCUT2D eigenvalue weighted by Crippen LogP contribution is -2.31. The molecule has 0 heterocycles. The Balaban J connectivity index is 1.76. The van der Waals surface area contributed by atoms with E-state index in [1.54, 1.807) is 19.2 Å². The third-order valence-electron chi connectivity index (χ3n) is 3.90. The Kier molecular flexibility index (Phi) is 4.75. The molecule has 1 aliphatic rings. The molecule has 0 saturated heterocycles. The van der Waals surface area contributed by atoms with Crippen molar-refractivity contribution in [1.82, 2.24) is 5.32 Å². The molecular formula is C16H20N2O2. The fourth-order valence-corrected chi connectivity index (χ4v) is 2.24. The number of carbonyl (C=O) groups is 1. The van der Waals surface area contributed by atoms with Gasteiger partial charge in [0.25, 0.3) is 0 Å². The minimum Gasteiger partial charge on any atom is -0.385 e. The van der Waals surface area contributed by atoms with Crippen LogP contribution in [0.2, 0.25) is 0 Å². The molecule has 1 aromatic rings. The van der Waals surface area contributed by atoms with Crippen molar-refractivity contribution >= 4 is 5.91 Å². The van der Waals surface area contributed by atoms with Crippen molar-refractivity contribution in [2.24, 2.45) is 5.41 Å². The van der Waals surface area contributed by atoms with Crippen LogP contribution in [0.1, 0.15) is 30.4 Å². The Morgan fingerprint density at radius 1 is 1.40 bits per heavy atom. The third kappa shape index (κ3) is 4.07. The van der Waals surface area contributed by atoms with Gasteiger partial charge in [-0.15, -0.1) is 0 Å². The van der Waals surface area contributed by atoms with Gasteiger partial charge in [0, 0.05) is 20.3 Å². The number of hydrogen-bond acceptors (Lipinski definition) is 3. The molecule has 1 N–H and O–H groups in total. The summed E-state index contributed by atoms with van der Waals surface area (Å²) in [6.45, 7) is 1.50. The van der Waals surface area contributed by atoms with E-state index in [2.05, 4.69) is 11.4 Å². The average molecular weight is 272 g/mol. The van der Waals surface area contributed by atoms with E-state index in [0.29, 0.717) is 12.0 Å². The van der Waals surface area contributed by atoms with E-state index in [9.17, 15) is 4.79 Å². The Morgan fingerprint density at radius 3 is 2.65 bits per heavy atom. The second-order valence-corrected chi connectivity index (χ2v) is 5.51. The van der Waals surface area contributed by atoms with Gasteiger partial charge in [-0.25, -0.2) is 0 Å². The van der Waals surface area contributed by atoms with Crippen LogP contribution in [-0.4, -0.2) is 26.2 Å². The van der Waals surface area contributed by atoms with Crippen LogP contribution >= 0.6 is 0 Å². The molecule has 0 atom stereocenters. The molecule has 0 aliphatic heterocycles. The van der Waals surface area contributed by atoms with E-state index in [4.69, 9.17) is 10.00 Å². The number of benzene rings is 1. The maximum Gasteiger partial charge on any atom is 0.224 e. The molecule has 0 bridgehead atoms. The summed E-state index contributed by atoms with van der Waals surface area (Å²) in [5, 5.41) is 11.7. The molecule has 0 aromatic heterocycles. The summed E-state index contributed by atoms with van der Waals surface area (Å²) in [4.78, 5) is 11.9. The van der Waals surface area contributed by atoms with Crippen LogP contribution in [0.25, 0.3) is 0 Å². The van der Waals surface area contributed by atoms with Gasteiger partial charge in [-0.2, -0.15) is 5.26 Å². The number of nitrogens with zero attached hydrogens (tertiary/aromatic N) is 1. The van der Waals surface area contributed by atoms with Gasteiger partial charge in [0.1, 0.15) is 0 Å². The number of nitriles is 1. The van der Waals surface area contributed by atoms with Gasteiger partial charge in [0.15, 0.2) is 0 Å². The van der Waals surface area contributed by atoms with E-state index in [1.165, 1.54) is 12.8 Å². The summed E-state index contributed by atoms with van der Waals surface area (Å²) in [7, 11) is 1.71. The first-order valence-electron chi connectivity index (χ1n) is 6.92. The maximum atomic E-state index is 11.9. The topological polar surface area (TPSA) is 62.1 Å². The van der Waals surface area contributed by atoms with Crippen molar-refractivity contribution in [1.29, 1.82) is 5.26 Å². The molecule has 2 rings (SSSR count). The molecule has 4 heteroatoms. The van der Waals surface area contributed by atoms with E-state index in [0.717, 1.165) is 25.1 Å². The van der Waals surface area contributed by atoms with Crippen molar-refractivity contribution in [2.75, 3.05) is 20.3 Å². The first-order valence-corrected chi connectivity index (χ1v) is 6.92. The number of nitrogens with one attached hydrogen (secondary N) is 1. The summed E-state index contributed by atoms with van der Waals surface area (Å²) in [6.07, 6.45) is 3.73. The van der Waals surface area contributed by atoms with Gasteiger partial charge < -0.3 is 10.1 Å². The summed E-state index contributed by atoms with van der Waals surface area (Å²) >= 11 is 0. The number of hydrogen-bond donors (Lipinski definition) is 1. The van der Waals surface area contributed by atoms with Crippen LogP contribution in [0.4, 0.5) is 0 Å². The maximum absolute atomic E-state index is 11.9. The van der Waals surface area contributed by atoms with Crippen LogP contribution in [0.3, 0.4) is 0 Å². The monoisotopic (exact) mass is 272 g/mol. The van der Waals surface area contributed by atoms with Gasteiger partial charge in [-0.05, 0) is 42.4 Å². The SMILES string of the molecule is COCCC1(CNC(=O)Cc2ccc(C#N)cc2)CC1. The largest absolute Gasteiger partial charge is 0.385 e. The summed E-state index contributed by atoms with van der Waals surface area (Å²) in [5.41, 5.74) is 1.82. The zero-order chi connectivity index (χ0) is 14.4. The highest BCUT2D eigenvalue weighted by atomic mass is 16.5. The summed E-state index contributed by atoms with van der Waals surface area (Å²) < 4.78 is 5.10. The van der Waals surface area contributed by atoms with Gasteiger partial charge >= 0.3 is 0 Å². The molecule has 1 fully saturated rings. The Morgan fingerprint density at radius 2 is 2.10 bits per heavy atom. The normalized spacial score (nSPS) is 15.4. The molecule has 0 unspecified atom stereocenters. The zero-order valence-electron chi connectivity index (χ0n) is 11.8. The highest BCUT2D eigenvalue weighted by Crippen LogP contribution is 2.48. The lowest BCUT2D eigenvalue weighted by molar-refractivity contribution is -0.120. The summed E-state index contributed by atoms with van der Waals surface area (Å²) in [5.74, 6) is 0.0402. The Bertz CT molecular complexity index is 498. The fourth-order valence-electron chi connectivity index (χ4n) is 2.24. The van der Waals surface area contributed by atoms with E-state index >= 15 is 0 Å². The zero-order valence-corrected chi connectivity index (χ0v) is 11.8. The van der Waals surface area contributed by atoms with Crippen molar-refractivity contribution in [3.8, 4) is 6.07 Å². The predicted molar refractivity (Wildman–Crippen MR) is 76.0 cm³/mol. The Labute approximate surface area is 119 Å². The predicted octanol–water partition coefficient (Wildman–Crippen LogP) is 2.03. The van der Waals surface area contributed by atoms with Gasteiger partial charge in [0.05, 0.1) is 18.1 Å². The van der Waals surface area contributed by atoms with E-state index in [1.807, 2.05) is 12.1 Å². The molecule has 4 nitrogen and oxygen atoms in total. The van der Waals surface area contributed by atoms with Gasteiger partial charge in [0.2, 0.25) is 5.91 Å². The highest BCUT2D eigenvalue weighted by Gasteiger charge is 2.41. The van der Waals surface area contributed by atoms with Crippen LogP contribution in [-0.2, 0) is 16.0 Å². The first-order chi connectivity index (χ1) is 9.67. The minimum atomic E-state index is 0.0402. The Hall–Kier alpha value is -1.86. The minimum absolute atomic E-state index is 0.0402. The molecule has 0 radical (unpaired) electrons. The molecule has 1 amide bonds. The molecule has 106 valence electrons. The lowest BCUT2D eigenvalue weighted by Gasteiger charge is -2.15. The van der Waals surface area contributed by atoms with Gasteiger partial charge in [-0.3, -0.25) is 4.79 Å². The second kappa shape index (κ2) is 6.53. The van der Waals surface area contributed by atoms with Crippen LogP contribution in [0.15, 0.2) is 24.3 Å². The second-order valence-electron chi connectivity index (χ2n) is 5.51. The van der Waals surface area contributed by atoms with Crippen molar-refractivity contribution in [3.05, 3.63) is 35.4 Å². The van der Waals surface area contributed by atoms with Crippen molar-refractivity contribution < 1.29 is 9.53 Å². The molecular weight excluding hydrogens is 252 g/mol. The van der Waals surface area contributed by atoms with E-state index in [-0.39, 0.29) is 11.3 Å². The van der Waals surface area contributed by atoms with Crippen molar-refractivity contribution in [3.63, 3.8) is 0 Å². The number of methoxy groups -OCH3 is 1. The van der Waals surface area contributed by atoms with Crippen LogP contribution in [0.5, 0.6) is 0 Å². The standard InChI is InChI=1S/C16H20N2O2/c1-20-9-8-16(6-7-16)12-18-15(19)10-13-2-4-14(11-17)5-3-13/h2-5H,6-10,12H2,1H3,(H,18,19). The molecule has 1 aromatic carbocycles. The highest BCUT2D eigenvalue weighted by molar-refractivity contribution is 5.78. The quantitative estimate of drug-likeness (QED) is 0.826. The number of carbonyl (C=O) groups excluding carboxylic acids is 1. The lowest BCUT2D eigenvalue weighted by atomic mass is 10.0. The molecule has 0 spiro atoms. The summed E-state index contributed by atoms with van der Waals surface area (Å²) in [6, 6.07) is 9.21. The average Bonchev–Trinajstić information content (AvgIpc) is 3.24. The smallest absolute Gasteiger partial charge is 0.224 e.